The number of fused-ring (bicyclic) bond motifs is 1. The number of piperidine rings is 1. The molecule has 3 aromatic rings. The fourth-order valence-corrected chi connectivity index (χ4v) is 4.02. The van der Waals surface area contributed by atoms with Crippen LogP contribution in [0.15, 0.2) is 34.9 Å². The highest BCUT2D eigenvalue weighted by Gasteiger charge is 2.38. The molecule has 2 aliphatic rings. The Hall–Kier alpha value is -2.55. The third-order valence-electron chi connectivity index (χ3n) is 5.82. The van der Waals surface area contributed by atoms with Gasteiger partial charge in [-0.05, 0) is 49.8 Å². The van der Waals surface area contributed by atoms with E-state index in [9.17, 15) is 13.2 Å². The minimum atomic E-state index is -4.61. The van der Waals surface area contributed by atoms with Crippen molar-refractivity contribution in [2.75, 3.05) is 13.1 Å². The molecule has 0 spiro atoms. The molecule has 3 heterocycles. The van der Waals surface area contributed by atoms with Crippen LogP contribution in [0.25, 0.3) is 10.9 Å². The van der Waals surface area contributed by atoms with Crippen molar-refractivity contribution in [2.45, 2.75) is 51.1 Å². The van der Waals surface area contributed by atoms with E-state index in [4.69, 9.17) is 9.15 Å². The number of halogens is 3. The smallest absolute Gasteiger partial charge is 0.470 e. The van der Waals surface area contributed by atoms with Crippen molar-refractivity contribution in [3.8, 4) is 5.75 Å². The van der Waals surface area contributed by atoms with Gasteiger partial charge in [-0.1, -0.05) is 6.07 Å². The number of nitrogens with zero attached hydrogens (tertiary/aromatic N) is 4. The molecule has 0 amide bonds. The molecule has 1 aromatic carbocycles. The summed E-state index contributed by atoms with van der Waals surface area (Å²) in [6.07, 6.45) is 1.82. The monoisotopic (exact) mass is 420 g/mol. The maximum absolute atomic E-state index is 12.6. The van der Waals surface area contributed by atoms with Gasteiger partial charge >= 0.3 is 12.1 Å². The lowest BCUT2D eigenvalue weighted by Gasteiger charge is -2.31. The molecule has 2 aromatic heterocycles. The van der Waals surface area contributed by atoms with Crippen molar-refractivity contribution in [1.82, 2.24) is 19.7 Å². The van der Waals surface area contributed by atoms with Crippen molar-refractivity contribution in [1.29, 1.82) is 0 Å². The van der Waals surface area contributed by atoms with E-state index >= 15 is 0 Å². The Morgan fingerprint density at radius 1 is 1.07 bits per heavy atom. The van der Waals surface area contributed by atoms with Crippen LogP contribution in [0.1, 0.15) is 37.5 Å². The van der Waals surface area contributed by atoms with Gasteiger partial charge < -0.3 is 13.7 Å². The van der Waals surface area contributed by atoms with E-state index in [-0.39, 0.29) is 18.5 Å². The van der Waals surface area contributed by atoms with E-state index in [0.717, 1.165) is 36.4 Å². The summed E-state index contributed by atoms with van der Waals surface area (Å²) in [5.41, 5.74) is 1.20. The van der Waals surface area contributed by atoms with E-state index in [2.05, 4.69) is 33.1 Å². The zero-order valence-corrected chi connectivity index (χ0v) is 16.4. The molecule has 6 nitrogen and oxygen atoms in total. The second-order valence-electron chi connectivity index (χ2n) is 8.19. The zero-order valence-electron chi connectivity index (χ0n) is 16.4. The number of hydrogen-bond acceptors (Lipinski definition) is 5. The maximum Gasteiger partial charge on any atom is 0.470 e. The molecule has 5 rings (SSSR count). The normalized spacial score (nSPS) is 18.9. The van der Waals surface area contributed by atoms with E-state index < -0.39 is 12.1 Å². The first-order valence-electron chi connectivity index (χ1n) is 10.3. The van der Waals surface area contributed by atoms with Gasteiger partial charge in [0.15, 0.2) is 0 Å². The van der Waals surface area contributed by atoms with Crippen LogP contribution >= 0.6 is 0 Å². The highest BCUT2D eigenvalue weighted by Crippen LogP contribution is 2.34. The summed E-state index contributed by atoms with van der Waals surface area (Å²) in [4.78, 5) is 2.01. The van der Waals surface area contributed by atoms with Crippen LogP contribution in [-0.4, -0.2) is 38.9 Å². The van der Waals surface area contributed by atoms with Gasteiger partial charge in [-0.15, -0.1) is 10.2 Å². The average Bonchev–Trinajstić information content (AvgIpc) is 3.23. The zero-order chi connectivity index (χ0) is 20.7. The van der Waals surface area contributed by atoms with Gasteiger partial charge in [0.2, 0.25) is 5.89 Å². The second kappa shape index (κ2) is 7.61. The van der Waals surface area contributed by atoms with Gasteiger partial charge in [-0.2, -0.15) is 13.2 Å². The molecule has 9 heteroatoms. The van der Waals surface area contributed by atoms with Crippen LogP contribution in [0.4, 0.5) is 13.2 Å². The molecule has 1 saturated heterocycles. The summed E-state index contributed by atoms with van der Waals surface area (Å²) in [6, 6.07) is 8.29. The molecule has 1 aliphatic carbocycles. The Bertz CT molecular complexity index is 1020. The van der Waals surface area contributed by atoms with Gasteiger partial charge in [0.1, 0.15) is 11.9 Å². The van der Waals surface area contributed by atoms with Crippen molar-refractivity contribution >= 4 is 10.9 Å². The van der Waals surface area contributed by atoms with Gasteiger partial charge in [0, 0.05) is 31.2 Å². The van der Waals surface area contributed by atoms with Crippen LogP contribution in [0.2, 0.25) is 0 Å². The van der Waals surface area contributed by atoms with Gasteiger partial charge in [0.25, 0.3) is 0 Å². The van der Waals surface area contributed by atoms with Crippen molar-refractivity contribution in [3.63, 3.8) is 0 Å². The van der Waals surface area contributed by atoms with Crippen molar-refractivity contribution in [3.05, 3.63) is 42.2 Å². The van der Waals surface area contributed by atoms with Gasteiger partial charge in [-0.25, -0.2) is 0 Å². The summed E-state index contributed by atoms with van der Waals surface area (Å²) >= 11 is 0. The molecule has 0 N–H and O–H groups in total. The van der Waals surface area contributed by atoms with Crippen LogP contribution in [0, 0.1) is 5.92 Å². The lowest BCUT2D eigenvalue weighted by molar-refractivity contribution is -0.157. The summed E-state index contributed by atoms with van der Waals surface area (Å²) in [5.74, 6) is 0.397. The molecule has 2 fully saturated rings. The highest BCUT2D eigenvalue weighted by molar-refractivity contribution is 5.86. The molecular formula is C21H23F3N4O2. The lowest BCUT2D eigenvalue weighted by atomic mass is 10.1. The Morgan fingerprint density at radius 3 is 2.57 bits per heavy atom. The third-order valence-corrected chi connectivity index (χ3v) is 5.82. The Kier molecular flexibility index (Phi) is 4.92. The fourth-order valence-electron chi connectivity index (χ4n) is 4.02. The molecule has 1 saturated carbocycles. The molecular weight excluding hydrogens is 397 g/mol. The van der Waals surface area contributed by atoms with Crippen LogP contribution < -0.4 is 4.74 Å². The van der Waals surface area contributed by atoms with E-state index in [1.165, 1.54) is 18.4 Å². The fraction of sp³-hybridized carbons (Fsp3) is 0.524. The van der Waals surface area contributed by atoms with Crippen LogP contribution in [0.3, 0.4) is 0 Å². The molecule has 30 heavy (non-hydrogen) atoms. The summed E-state index contributed by atoms with van der Waals surface area (Å²) in [6.45, 7) is 2.69. The summed E-state index contributed by atoms with van der Waals surface area (Å²) in [5, 5.41) is 7.72. The Labute approximate surface area is 171 Å². The van der Waals surface area contributed by atoms with Crippen molar-refractivity contribution < 1.29 is 22.3 Å². The van der Waals surface area contributed by atoms with E-state index in [0.29, 0.717) is 13.1 Å². The Balaban J connectivity index is 1.18. The summed E-state index contributed by atoms with van der Waals surface area (Å²) in [7, 11) is 0. The molecule has 160 valence electrons. The predicted molar refractivity (Wildman–Crippen MR) is 103 cm³/mol. The first kappa shape index (κ1) is 19.4. The lowest BCUT2D eigenvalue weighted by Crippen LogP contribution is -2.37. The van der Waals surface area contributed by atoms with Crippen molar-refractivity contribution in [2.24, 2.45) is 5.92 Å². The number of hydrogen-bond donors (Lipinski definition) is 0. The quantitative estimate of drug-likeness (QED) is 0.588. The largest absolute Gasteiger partial charge is 0.490 e. The molecule has 0 radical (unpaired) electrons. The molecule has 1 aliphatic heterocycles. The number of benzene rings is 1. The number of alkyl halides is 3. The Morgan fingerprint density at radius 2 is 1.87 bits per heavy atom. The molecule has 0 unspecified atom stereocenters. The number of likely N-dealkylation sites (tertiary alicyclic amines) is 1. The molecule has 0 bridgehead atoms. The van der Waals surface area contributed by atoms with Crippen LogP contribution in [0.5, 0.6) is 5.75 Å². The number of ether oxygens (including phenoxy) is 1. The standard InChI is InChI=1S/C21H23F3N4O2/c22-21(23,24)20-26-25-19(30-20)13-27-9-6-15(7-10-27)29-18-3-1-2-17-16(18)8-11-28(17)12-14-4-5-14/h1-3,8,11,14-15H,4-7,9-10,12-13H2. The van der Waals surface area contributed by atoms with E-state index in [1.807, 2.05) is 17.0 Å². The third kappa shape index (κ3) is 4.16. The van der Waals surface area contributed by atoms with Crippen LogP contribution in [-0.2, 0) is 19.3 Å². The number of aromatic nitrogens is 3. The highest BCUT2D eigenvalue weighted by atomic mass is 19.4. The average molecular weight is 420 g/mol. The minimum absolute atomic E-state index is 0.0107. The SMILES string of the molecule is FC(F)(F)c1nnc(CN2CCC(Oc3cccc4c3ccn4CC3CC3)CC2)o1. The summed E-state index contributed by atoms with van der Waals surface area (Å²) < 4.78 is 51.1. The first-order valence-corrected chi connectivity index (χ1v) is 10.3. The topological polar surface area (TPSA) is 56.3 Å². The maximum atomic E-state index is 12.6. The van der Waals surface area contributed by atoms with Gasteiger partial charge in [0.05, 0.1) is 12.1 Å². The first-order chi connectivity index (χ1) is 14.5. The number of rotatable bonds is 6. The minimum Gasteiger partial charge on any atom is -0.490 e. The molecule has 0 atom stereocenters. The second-order valence-corrected chi connectivity index (χ2v) is 8.19. The predicted octanol–water partition coefficient (Wildman–Crippen LogP) is 4.50. The van der Waals surface area contributed by atoms with E-state index in [1.54, 1.807) is 0 Å². The van der Waals surface area contributed by atoms with Gasteiger partial charge in [-0.3, -0.25) is 4.90 Å².